The number of benzene rings is 2. The van der Waals surface area contributed by atoms with Gasteiger partial charge in [-0.15, -0.1) is 0 Å². The molecule has 1 aliphatic rings. The monoisotopic (exact) mass is 428 g/mol. The number of morpholine rings is 1. The molecule has 2 aromatic carbocycles. The molecule has 2 aromatic rings. The van der Waals surface area contributed by atoms with Crippen molar-refractivity contribution in [3.05, 3.63) is 42.0 Å². The molecule has 0 unspecified atom stereocenters. The van der Waals surface area contributed by atoms with Gasteiger partial charge < -0.3 is 29.2 Å². The van der Waals surface area contributed by atoms with E-state index in [9.17, 15) is 4.79 Å². The number of anilines is 2. The van der Waals surface area contributed by atoms with E-state index in [1.165, 1.54) is 0 Å². The van der Waals surface area contributed by atoms with Crippen LogP contribution in [0.15, 0.2) is 36.4 Å². The summed E-state index contributed by atoms with van der Waals surface area (Å²) in [5.41, 5.74) is 2.60. The van der Waals surface area contributed by atoms with Crippen LogP contribution in [0.4, 0.5) is 11.4 Å². The van der Waals surface area contributed by atoms with Crippen LogP contribution in [-0.4, -0.2) is 52.0 Å². The first-order valence-corrected chi connectivity index (χ1v) is 10.9. The maximum atomic E-state index is 12.6. The van der Waals surface area contributed by atoms with E-state index >= 15 is 0 Å². The van der Waals surface area contributed by atoms with Gasteiger partial charge in [-0.1, -0.05) is 18.2 Å². The second-order valence-electron chi connectivity index (χ2n) is 7.19. The lowest BCUT2D eigenvalue weighted by molar-refractivity contribution is -0.116. The fraction of sp³-hybridized carbons (Fsp3) is 0.458. The van der Waals surface area contributed by atoms with Gasteiger partial charge in [-0.2, -0.15) is 0 Å². The van der Waals surface area contributed by atoms with E-state index in [2.05, 4.69) is 10.2 Å². The Labute approximate surface area is 184 Å². The molecule has 0 aliphatic carbocycles. The van der Waals surface area contributed by atoms with Crippen LogP contribution in [0.5, 0.6) is 17.2 Å². The van der Waals surface area contributed by atoms with Crippen LogP contribution in [0.1, 0.15) is 25.8 Å². The molecular formula is C24H32N2O5. The molecule has 1 fully saturated rings. The summed E-state index contributed by atoms with van der Waals surface area (Å²) in [6, 6.07) is 11.6. The van der Waals surface area contributed by atoms with Crippen molar-refractivity contribution in [2.24, 2.45) is 0 Å². The first-order valence-electron chi connectivity index (χ1n) is 10.9. The zero-order chi connectivity index (χ0) is 22.1. The largest absolute Gasteiger partial charge is 0.493 e. The molecule has 7 heteroatoms. The van der Waals surface area contributed by atoms with Gasteiger partial charge >= 0.3 is 0 Å². The van der Waals surface area contributed by atoms with Crippen molar-refractivity contribution in [3.63, 3.8) is 0 Å². The molecule has 1 saturated heterocycles. The van der Waals surface area contributed by atoms with Crippen molar-refractivity contribution >= 4 is 17.3 Å². The maximum absolute atomic E-state index is 12.6. The zero-order valence-electron chi connectivity index (χ0n) is 18.6. The quantitative estimate of drug-likeness (QED) is 0.616. The minimum absolute atomic E-state index is 0.142. The summed E-state index contributed by atoms with van der Waals surface area (Å²) in [4.78, 5) is 14.8. The van der Waals surface area contributed by atoms with Gasteiger partial charge in [0, 0.05) is 25.2 Å². The Bertz CT molecular complexity index is 865. The van der Waals surface area contributed by atoms with Gasteiger partial charge in [0.2, 0.25) is 5.91 Å². The predicted molar refractivity (Wildman–Crippen MR) is 122 cm³/mol. The first-order chi connectivity index (χ1) is 15.1. The van der Waals surface area contributed by atoms with Crippen LogP contribution < -0.4 is 24.4 Å². The molecule has 1 amide bonds. The van der Waals surface area contributed by atoms with E-state index < -0.39 is 0 Å². The van der Waals surface area contributed by atoms with Gasteiger partial charge in [0.05, 0.1) is 50.8 Å². The van der Waals surface area contributed by atoms with E-state index in [4.69, 9.17) is 18.9 Å². The lowest BCUT2D eigenvalue weighted by atomic mass is 10.2. The average molecular weight is 429 g/mol. The number of nitrogens with one attached hydrogen (secondary N) is 1. The van der Waals surface area contributed by atoms with E-state index in [0.29, 0.717) is 44.5 Å². The van der Waals surface area contributed by atoms with Gasteiger partial charge in [0.1, 0.15) is 17.2 Å². The summed E-state index contributed by atoms with van der Waals surface area (Å²) in [6.45, 7) is 10.1. The molecule has 0 aromatic heterocycles. The number of amides is 1. The van der Waals surface area contributed by atoms with Gasteiger partial charge in [0.15, 0.2) is 0 Å². The fourth-order valence-electron chi connectivity index (χ4n) is 3.43. The summed E-state index contributed by atoms with van der Waals surface area (Å²) >= 11 is 0. The molecule has 7 nitrogen and oxygen atoms in total. The summed E-state index contributed by atoms with van der Waals surface area (Å²) in [7, 11) is 0. The highest BCUT2D eigenvalue weighted by Crippen LogP contribution is 2.39. The highest BCUT2D eigenvalue weighted by molar-refractivity contribution is 5.93. The number of hydrogen-bond acceptors (Lipinski definition) is 6. The molecule has 168 valence electrons. The SMILES string of the molecule is CCOc1cc(N2CCOCC2)c(OCC)cc1NC(=O)CCOc1ccccc1C. The molecule has 0 spiro atoms. The summed E-state index contributed by atoms with van der Waals surface area (Å²) in [5.74, 6) is 2.00. The third-order valence-corrected chi connectivity index (χ3v) is 4.97. The molecule has 3 rings (SSSR count). The molecule has 0 atom stereocenters. The fourth-order valence-corrected chi connectivity index (χ4v) is 3.43. The van der Waals surface area contributed by atoms with Crippen LogP contribution in [0.3, 0.4) is 0 Å². The summed E-state index contributed by atoms with van der Waals surface area (Å²) < 4.78 is 22.9. The Morgan fingerprint density at radius 2 is 1.71 bits per heavy atom. The average Bonchev–Trinajstić information content (AvgIpc) is 2.77. The Hall–Kier alpha value is -2.93. The number of rotatable bonds is 10. The van der Waals surface area contributed by atoms with Crippen molar-refractivity contribution < 1.29 is 23.7 Å². The van der Waals surface area contributed by atoms with Crippen LogP contribution in [0.2, 0.25) is 0 Å². The van der Waals surface area contributed by atoms with E-state index in [1.807, 2.05) is 57.2 Å². The van der Waals surface area contributed by atoms with Crippen molar-refractivity contribution in [2.75, 3.05) is 56.3 Å². The Morgan fingerprint density at radius 3 is 2.42 bits per heavy atom. The molecule has 0 bridgehead atoms. The number of hydrogen-bond donors (Lipinski definition) is 1. The van der Waals surface area contributed by atoms with Crippen LogP contribution >= 0.6 is 0 Å². The number of carbonyl (C=O) groups is 1. The number of nitrogens with zero attached hydrogens (tertiary/aromatic N) is 1. The first kappa shape index (κ1) is 22.7. The topological polar surface area (TPSA) is 69.3 Å². The van der Waals surface area contributed by atoms with Gasteiger partial charge in [-0.25, -0.2) is 0 Å². The molecular weight excluding hydrogens is 396 g/mol. The molecule has 1 aliphatic heterocycles. The third-order valence-electron chi connectivity index (χ3n) is 4.97. The highest BCUT2D eigenvalue weighted by atomic mass is 16.5. The third kappa shape index (κ3) is 6.28. The minimum Gasteiger partial charge on any atom is -0.493 e. The van der Waals surface area contributed by atoms with Crippen molar-refractivity contribution in [1.29, 1.82) is 0 Å². The predicted octanol–water partition coefficient (Wildman–Crippen LogP) is 4.04. The standard InChI is InChI=1S/C24H32N2O5/c1-4-29-22-17-20(26-11-14-28-15-12-26)23(30-5-2)16-19(22)25-24(27)10-13-31-21-9-7-6-8-18(21)3/h6-9,16-17H,4-5,10-15H2,1-3H3,(H,25,27). The second-order valence-corrected chi connectivity index (χ2v) is 7.19. The Balaban J connectivity index is 1.71. The summed E-state index contributed by atoms with van der Waals surface area (Å²) in [5, 5.41) is 2.96. The van der Waals surface area contributed by atoms with Crippen molar-refractivity contribution in [2.45, 2.75) is 27.2 Å². The van der Waals surface area contributed by atoms with Crippen LogP contribution in [-0.2, 0) is 9.53 Å². The van der Waals surface area contributed by atoms with E-state index in [-0.39, 0.29) is 12.3 Å². The lowest BCUT2D eigenvalue weighted by Gasteiger charge is -2.31. The lowest BCUT2D eigenvalue weighted by Crippen LogP contribution is -2.36. The van der Waals surface area contributed by atoms with Gasteiger partial charge in [-0.3, -0.25) is 4.79 Å². The summed E-state index contributed by atoms with van der Waals surface area (Å²) in [6.07, 6.45) is 0.231. The van der Waals surface area contributed by atoms with E-state index in [1.54, 1.807) is 0 Å². The van der Waals surface area contributed by atoms with Crippen molar-refractivity contribution in [3.8, 4) is 17.2 Å². The zero-order valence-corrected chi connectivity index (χ0v) is 18.6. The molecule has 1 N–H and O–H groups in total. The molecule has 0 radical (unpaired) electrons. The van der Waals surface area contributed by atoms with Crippen LogP contribution in [0, 0.1) is 6.92 Å². The number of carbonyl (C=O) groups excluding carboxylic acids is 1. The molecule has 0 saturated carbocycles. The minimum atomic E-state index is -0.142. The van der Waals surface area contributed by atoms with Gasteiger partial charge in [-0.05, 0) is 32.4 Å². The number of ether oxygens (including phenoxy) is 4. The number of aryl methyl sites for hydroxylation is 1. The van der Waals surface area contributed by atoms with Crippen LogP contribution in [0.25, 0.3) is 0 Å². The maximum Gasteiger partial charge on any atom is 0.227 e. The molecule has 31 heavy (non-hydrogen) atoms. The normalized spacial score (nSPS) is 13.6. The Kier molecular flexibility index (Phi) is 8.41. The smallest absolute Gasteiger partial charge is 0.227 e. The van der Waals surface area contributed by atoms with Crippen molar-refractivity contribution in [1.82, 2.24) is 0 Å². The second kappa shape index (κ2) is 11.5. The molecule has 1 heterocycles. The van der Waals surface area contributed by atoms with E-state index in [0.717, 1.165) is 35.8 Å². The highest BCUT2D eigenvalue weighted by Gasteiger charge is 2.20. The Morgan fingerprint density at radius 1 is 1.00 bits per heavy atom. The number of para-hydroxylation sites is 1. The van der Waals surface area contributed by atoms with Gasteiger partial charge in [0.25, 0.3) is 0 Å².